The second-order valence-corrected chi connectivity index (χ2v) is 9.04. The molecule has 2 heterocycles. The van der Waals surface area contributed by atoms with E-state index in [9.17, 15) is 9.59 Å². The summed E-state index contributed by atoms with van der Waals surface area (Å²) in [5, 5.41) is 6.27. The van der Waals surface area contributed by atoms with E-state index in [4.69, 9.17) is 0 Å². The van der Waals surface area contributed by atoms with Gasteiger partial charge < -0.3 is 20.4 Å². The lowest BCUT2D eigenvalue weighted by Crippen LogP contribution is -2.55. The highest BCUT2D eigenvalue weighted by Crippen LogP contribution is 2.12. The van der Waals surface area contributed by atoms with E-state index in [1.807, 2.05) is 25.7 Å². The van der Waals surface area contributed by atoms with Crippen molar-refractivity contribution in [2.75, 3.05) is 66.0 Å². The lowest BCUT2D eigenvalue weighted by Gasteiger charge is -2.37. The Hall–Kier alpha value is -1.83. The standard InChI is InChI=1S/C21H40N6O2/c1-21(2,3)19(29)23-9-10-24-20(22-4)27-15-13-25(14-16-27)17-18(28)26-11-7-5-6-8-12-26/h5-17H2,1-4H3,(H,22,24)(H,23,29). The van der Waals surface area contributed by atoms with E-state index in [0.29, 0.717) is 19.6 Å². The van der Waals surface area contributed by atoms with Gasteiger partial charge in [-0.15, -0.1) is 0 Å². The molecule has 0 bridgehead atoms. The molecule has 2 saturated heterocycles. The molecule has 0 saturated carbocycles. The van der Waals surface area contributed by atoms with E-state index in [0.717, 1.165) is 58.1 Å². The highest BCUT2D eigenvalue weighted by atomic mass is 16.2. The molecule has 2 aliphatic rings. The first-order chi connectivity index (χ1) is 13.8. The van der Waals surface area contributed by atoms with Gasteiger partial charge in [-0.25, -0.2) is 0 Å². The molecule has 29 heavy (non-hydrogen) atoms. The van der Waals surface area contributed by atoms with Crippen LogP contribution in [0.15, 0.2) is 4.99 Å². The number of rotatable bonds is 5. The number of likely N-dealkylation sites (tertiary alicyclic amines) is 1. The molecule has 0 atom stereocenters. The monoisotopic (exact) mass is 408 g/mol. The van der Waals surface area contributed by atoms with Crippen molar-refractivity contribution in [1.29, 1.82) is 0 Å². The number of carbonyl (C=O) groups is 2. The molecule has 0 spiro atoms. The zero-order valence-electron chi connectivity index (χ0n) is 18.8. The van der Waals surface area contributed by atoms with Crippen LogP contribution in [0.5, 0.6) is 0 Å². The summed E-state index contributed by atoms with van der Waals surface area (Å²) in [6, 6.07) is 0. The fraction of sp³-hybridized carbons (Fsp3) is 0.857. The van der Waals surface area contributed by atoms with Gasteiger partial charge in [-0.1, -0.05) is 33.6 Å². The number of hydrogen-bond donors (Lipinski definition) is 2. The number of hydrogen-bond acceptors (Lipinski definition) is 4. The van der Waals surface area contributed by atoms with Crippen molar-refractivity contribution >= 4 is 17.8 Å². The van der Waals surface area contributed by atoms with Gasteiger partial charge in [0, 0.05) is 64.8 Å². The third-order valence-electron chi connectivity index (χ3n) is 5.58. The first-order valence-corrected chi connectivity index (χ1v) is 11.1. The molecule has 2 amide bonds. The van der Waals surface area contributed by atoms with Crippen LogP contribution in [0.2, 0.25) is 0 Å². The van der Waals surface area contributed by atoms with E-state index < -0.39 is 0 Å². The first kappa shape index (κ1) is 23.4. The number of amides is 2. The van der Waals surface area contributed by atoms with Crippen molar-refractivity contribution in [1.82, 2.24) is 25.3 Å². The highest BCUT2D eigenvalue weighted by molar-refractivity contribution is 5.82. The smallest absolute Gasteiger partial charge is 0.236 e. The van der Waals surface area contributed by atoms with E-state index in [1.54, 1.807) is 7.05 Å². The summed E-state index contributed by atoms with van der Waals surface area (Å²) in [4.78, 5) is 35.4. The number of nitrogens with one attached hydrogen (secondary N) is 2. The second-order valence-electron chi connectivity index (χ2n) is 9.04. The predicted octanol–water partition coefficient (Wildman–Crippen LogP) is 0.744. The van der Waals surface area contributed by atoms with Gasteiger partial charge in [-0.3, -0.25) is 19.5 Å². The van der Waals surface area contributed by atoms with E-state index >= 15 is 0 Å². The Bertz CT molecular complexity index is 556. The van der Waals surface area contributed by atoms with Crippen LogP contribution in [0.25, 0.3) is 0 Å². The number of aliphatic imine (C=N–C) groups is 1. The van der Waals surface area contributed by atoms with Gasteiger partial charge in [0.1, 0.15) is 0 Å². The zero-order valence-corrected chi connectivity index (χ0v) is 18.8. The largest absolute Gasteiger partial charge is 0.354 e. The molecule has 8 heteroatoms. The molecule has 0 aromatic heterocycles. The maximum atomic E-state index is 12.6. The number of carbonyl (C=O) groups excluding carboxylic acids is 2. The van der Waals surface area contributed by atoms with Gasteiger partial charge in [0.25, 0.3) is 0 Å². The lowest BCUT2D eigenvalue weighted by atomic mass is 9.96. The van der Waals surface area contributed by atoms with Crippen LogP contribution in [-0.2, 0) is 9.59 Å². The van der Waals surface area contributed by atoms with Gasteiger partial charge in [0.05, 0.1) is 6.54 Å². The SMILES string of the molecule is CN=C(NCCNC(=O)C(C)(C)C)N1CCN(CC(=O)N2CCCCCC2)CC1. The Morgan fingerprint density at radius 2 is 1.41 bits per heavy atom. The minimum Gasteiger partial charge on any atom is -0.354 e. The summed E-state index contributed by atoms with van der Waals surface area (Å²) in [7, 11) is 1.78. The average Bonchev–Trinajstić information content (AvgIpc) is 2.97. The van der Waals surface area contributed by atoms with Gasteiger partial charge in [0.15, 0.2) is 5.96 Å². The molecule has 2 rings (SSSR count). The molecule has 166 valence electrons. The van der Waals surface area contributed by atoms with E-state index in [2.05, 4.69) is 25.4 Å². The van der Waals surface area contributed by atoms with Crippen molar-refractivity contribution in [2.24, 2.45) is 10.4 Å². The first-order valence-electron chi connectivity index (χ1n) is 11.1. The van der Waals surface area contributed by atoms with Crippen molar-refractivity contribution in [2.45, 2.75) is 46.5 Å². The predicted molar refractivity (Wildman–Crippen MR) is 117 cm³/mol. The van der Waals surface area contributed by atoms with Gasteiger partial charge in [-0.2, -0.15) is 0 Å². The number of piperazine rings is 1. The summed E-state index contributed by atoms with van der Waals surface area (Å²) in [6.45, 7) is 12.7. The molecule has 2 N–H and O–H groups in total. The molecule has 8 nitrogen and oxygen atoms in total. The molecule has 0 aromatic rings. The van der Waals surface area contributed by atoms with E-state index in [-0.39, 0.29) is 17.2 Å². The summed E-state index contributed by atoms with van der Waals surface area (Å²) < 4.78 is 0. The van der Waals surface area contributed by atoms with Crippen molar-refractivity contribution in [3.8, 4) is 0 Å². The summed E-state index contributed by atoms with van der Waals surface area (Å²) in [5.74, 6) is 1.18. The van der Waals surface area contributed by atoms with Crippen molar-refractivity contribution in [3.63, 3.8) is 0 Å². The van der Waals surface area contributed by atoms with Crippen molar-refractivity contribution < 1.29 is 9.59 Å². The fourth-order valence-corrected chi connectivity index (χ4v) is 3.68. The van der Waals surface area contributed by atoms with Gasteiger partial charge >= 0.3 is 0 Å². The quantitative estimate of drug-likeness (QED) is 0.399. The molecule has 0 radical (unpaired) electrons. The molecule has 0 aromatic carbocycles. The molecule has 2 aliphatic heterocycles. The minimum absolute atomic E-state index is 0.0528. The Kier molecular flexibility index (Phi) is 9.20. The molecule has 0 unspecified atom stereocenters. The highest BCUT2D eigenvalue weighted by Gasteiger charge is 2.24. The van der Waals surface area contributed by atoms with Crippen LogP contribution in [0, 0.1) is 5.41 Å². The maximum Gasteiger partial charge on any atom is 0.236 e. The maximum absolute atomic E-state index is 12.6. The average molecular weight is 409 g/mol. The van der Waals surface area contributed by atoms with Gasteiger partial charge in [-0.05, 0) is 12.8 Å². The molecular formula is C21H40N6O2. The topological polar surface area (TPSA) is 80.3 Å². The number of guanidine groups is 1. The summed E-state index contributed by atoms with van der Waals surface area (Å²) in [5.41, 5.74) is -0.372. The molecule has 2 fully saturated rings. The molecular weight excluding hydrogens is 368 g/mol. The zero-order chi connectivity index (χ0) is 21.3. The normalized spacial score (nSPS) is 19.7. The number of nitrogens with zero attached hydrogens (tertiary/aromatic N) is 4. The van der Waals surface area contributed by atoms with Crippen molar-refractivity contribution in [3.05, 3.63) is 0 Å². The lowest BCUT2D eigenvalue weighted by molar-refractivity contribution is -0.132. The summed E-state index contributed by atoms with van der Waals surface area (Å²) in [6.07, 6.45) is 4.76. The van der Waals surface area contributed by atoms with Crippen LogP contribution in [0.3, 0.4) is 0 Å². The van der Waals surface area contributed by atoms with E-state index in [1.165, 1.54) is 12.8 Å². The Morgan fingerprint density at radius 3 is 1.97 bits per heavy atom. The van der Waals surface area contributed by atoms with Crippen LogP contribution in [-0.4, -0.2) is 98.4 Å². The van der Waals surface area contributed by atoms with Crippen LogP contribution >= 0.6 is 0 Å². The Labute approximate surface area is 176 Å². The molecule has 0 aliphatic carbocycles. The Morgan fingerprint density at radius 1 is 0.828 bits per heavy atom. The fourth-order valence-electron chi connectivity index (χ4n) is 3.68. The van der Waals surface area contributed by atoms with Gasteiger partial charge in [0.2, 0.25) is 11.8 Å². The minimum atomic E-state index is -0.372. The van der Waals surface area contributed by atoms with Crippen LogP contribution < -0.4 is 10.6 Å². The Balaban J connectivity index is 1.68. The third-order valence-corrected chi connectivity index (χ3v) is 5.58. The second kappa shape index (κ2) is 11.4. The van der Waals surface area contributed by atoms with Crippen LogP contribution in [0.4, 0.5) is 0 Å². The van der Waals surface area contributed by atoms with Crippen LogP contribution in [0.1, 0.15) is 46.5 Å². The third kappa shape index (κ3) is 7.84. The summed E-state index contributed by atoms with van der Waals surface area (Å²) >= 11 is 0.